The van der Waals surface area contributed by atoms with Gasteiger partial charge in [0, 0.05) is 5.56 Å². The Labute approximate surface area is 104 Å². The van der Waals surface area contributed by atoms with Crippen LogP contribution in [-0.4, -0.2) is 10.2 Å². The van der Waals surface area contributed by atoms with Gasteiger partial charge in [-0.3, -0.25) is 5.10 Å². The zero-order valence-corrected chi connectivity index (χ0v) is 9.97. The van der Waals surface area contributed by atoms with Crippen LogP contribution in [-0.2, 0) is 0 Å². The molecule has 0 saturated heterocycles. The molecule has 3 aromatic rings. The van der Waals surface area contributed by atoms with E-state index in [9.17, 15) is 0 Å². The summed E-state index contributed by atoms with van der Waals surface area (Å²) in [7, 11) is 0. The fraction of sp³-hybridized carbons (Fsp3) is 0.0714. The van der Waals surface area contributed by atoms with Crippen molar-refractivity contribution in [2.45, 2.75) is 6.92 Å². The Morgan fingerprint density at radius 2 is 1.94 bits per heavy atom. The highest BCUT2D eigenvalue weighted by Gasteiger charge is 2.15. The van der Waals surface area contributed by atoms with Gasteiger partial charge in [-0.05, 0) is 18.6 Å². The Balaban J connectivity index is 2.18. The second-order valence-corrected chi connectivity index (χ2v) is 4.17. The molecule has 4 nitrogen and oxygen atoms in total. The van der Waals surface area contributed by atoms with Gasteiger partial charge in [-0.15, -0.1) is 0 Å². The highest BCUT2D eigenvalue weighted by atomic mass is 16.3. The first-order chi connectivity index (χ1) is 8.75. The predicted molar refractivity (Wildman–Crippen MR) is 70.9 cm³/mol. The molecule has 3 N–H and O–H groups in total. The number of anilines is 1. The minimum absolute atomic E-state index is 0.495. The molecule has 1 aromatic carbocycles. The second kappa shape index (κ2) is 4.07. The number of rotatable bonds is 2. The number of benzene rings is 1. The van der Waals surface area contributed by atoms with Crippen molar-refractivity contribution in [3.05, 3.63) is 48.4 Å². The molecule has 18 heavy (non-hydrogen) atoms. The maximum atomic E-state index is 5.94. The predicted octanol–water partition coefficient (Wildman–Crippen LogP) is 3.23. The van der Waals surface area contributed by atoms with Gasteiger partial charge in [0.05, 0.1) is 11.3 Å². The van der Waals surface area contributed by atoms with Crippen LogP contribution in [0.25, 0.3) is 22.4 Å². The number of H-pyrrole nitrogens is 1. The molecule has 0 aliphatic carbocycles. The van der Waals surface area contributed by atoms with Crippen molar-refractivity contribution >= 4 is 5.82 Å². The van der Waals surface area contributed by atoms with Gasteiger partial charge in [-0.1, -0.05) is 30.3 Å². The van der Waals surface area contributed by atoms with Gasteiger partial charge in [-0.25, -0.2) is 0 Å². The van der Waals surface area contributed by atoms with Gasteiger partial charge < -0.3 is 10.2 Å². The number of nitrogens with two attached hydrogens (primary N) is 1. The summed E-state index contributed by atoms with van der Waals surface area (Å²) in [5.74, 6) is 1.35. The van der Waals surface area contributed by atoms with Crippen molar-refractivity contribution in [3.8, 4) is 22.4 Å². The van der Waals surface area contributed by atoms with E-state index >= 15 is 0 Å². The van der Waals surface area contributed by atoms with Gasteiger partial charge >= 0.3 is 0 Å². The number of nitrogens with zero attached hydrogens (tertiary/aromatic N) is 1. The zero-order valence-electron chi connectivity index (χ0n) is 9.97. The van der Waals surface area contributed by atoms with E-state index in [1.54, 1.807) is 6.26 Å². The van der Waals surface area contributed by atoms with Crippen molar-refractivity contribution in [2.24, 2.45) is 0 Å². The van der Waals surface area contributed by atoms with Crippen LogP contribution < -0.4 is 5.73 Å². The van der Waals surface area contributed by atoms with Crippen LogP contribution in [0.3, 0.4) is 0 Å². The normalized spacial score (nSPS) is 10.7. The minimum Gasteiger partial charge on any atom is -0.469 e. The molecule has 4 heteroatoms. The molecular formula is C14H13N3O. The average Bonchev–Trinajstić information content (AvgIpc) is 2.96. The Hall–Kier alpha value is -2.49. The summed E-state index contributed by atoms with van der Waals surface area (Å²) in [4.78, 5) is 0. The first kappa shape index (κ1) is 10.7. The van der Waals surface area contributed by atoms with Crippen LogP contribution in [0.2, 0.25) is 0 Å². The number of aromatic nitrogens is 2. The smallest absolute Gasteiger partial charge is 0.153 e. The van der Waals surface area contributed by atoms with Crippen molar-refractivity contribution in [2.75, 3.05) is 5.73 Å². The topological polar surface area (TPSA) is 67.8 Å². The molecule has 3 rings (SSSR count). The number of aryl methyl sites for hydroxylation is 1. The van der Waals surface area contributed by atoms with Crippen LogP contribution in [0, 0.1) is 6.92 Å². The van der Waals surface area contributed by atoms with E-state index in [1.807, 2.05) is 43.3 Å². The quantitative estimate of drug-likeness (QED) is 0.721. The minimum atomic E-state index is 0.495. The SMILES string of the molecule is Cc1cc(-c2[nH]nc(N)c2-c2ccccc2)co1. The van der Waals surface area contributed by atoms with Gasteiger partial charge in [0.15, 0.2) is 5.82 Å². The fourth-order valence-electron chi connectivity index (χ4n) is 2.04. The van der Waals surface area contributed by atoms with E-state index in [0.717, 1.165) is 28.1 Å². The third-order valence-corrected chi connectivity index (χ3v) is 2.88. The van der Waals surface area contributed by atoms with Crippen LogP contribution >= 0.6 is 0 Å². The third kappa shape index (κ3) is 1.68. The largest absolute Gasteiger partial charge is 0.469 e. The van der Waals surface area contributed by atoms with E-state index < -0.39 is 0 Å². The summed E-state index contributed by atoms with van der Waals surface area (Å²) in [5.41, 5.74) is 9.74. The van der Waals surface area contributed by atoms with Gasteiger partial charge in [0.2, 0.25) is 0 Å². The van der Waals surface area contributed by atoms with Gasteiger partial charge in [0.1, 0.15) is 12.0 Å². The maximum absolute atomic E-state index is 5.94. The highest BCUT2D eigenvalue weighted by Crippen LogP contribution is 2.35. The number of aromatic amines is 1. The first-order valence-corrected chi connectivity index (χ1v) is 5.70. The Bertz CT molecular complexity index is 667. The standard InChI is InChI=1S/C14H13N3O/c1-9-7-11(8-18-9)13-12(14(15)17-16-13)10-5-3-2-4-6-10/h2-8H,1H3,(H3,15,16,17). The lowest BCUT2D eigenvalue weighted by Crippen LogP contribution is -1.88. The van der Waals surface area contributed by atoms with Crippen LogP contribution in [0.4, 0.5) is 5.82 Å². The number of furan rings is 1. The molecule has 0 amide bonds. The summed E-state index contributed by atoms with van der Waals surface area (Å²) in [5, 5.41) is 7.06. The molecular weight excluding hydrogens is 226 g/mol. The van der Waals surface area contributed by atoms with E-state index in [4.69, 9.17) is 10.2 Å². The molecule has 0 radical (unpaired) electrons. The van der Waals surface area contributed by atoms with E-state index in [0.29, 0.717) is 5.82 Å². The Morgan fingerprint density at radius 3 is 2.61 bits per heavy atom. The van der Waals surface area contributed by atoms with E-state index in [1.165, 1.54) is 0 Å². The third-order valence-electron chi connectivity index (χ3n) is 2.88. The molecule has 0 saturated carbocycles. The van der Waals surface area contributed by atoms with E-state index in [-0.39, 0.29) is 0 Å². The highest BCUT2D eigenvalue weighted by molar-refractivity contribution is 5.87. The van der Waals surface area contributed by atoms with E-state index in [2.05, 4.69) is 10.2 Å². The fourth-order valence-corrected chi connectivity index (χ4v) is 2.04. The number of nitrogen functional groups attached to an aromatic ring is 1. The van der Waals surface area contributed by atoms with Gasteiger partial charge in [-0.2, -0.15) is 5.10 Å². The monoisotopic (exact) mass is 239 g/mol. The number of hydrogen-bond acceptors (Lipinski definition) is 3. The number of hydrogen-bond donors (Lipinski definition) is 2. The summed E-state index contributed by atoms with van der Waals surface area (Å²) in [6.45, 7) is 1.91. The van der Waals surface area contributed by atoms with Crippen molar-refractivity contribution < 1.29 is 4.42 Å². The van der Waals surface area contributed by atoms with Crippen molar-refractivity contribution in [1.82, 2.24) is 10.2 Å². The Kier molecular flexibility index (Phi) is 2.41. The molecule has 90 valence electrons. The van der Waals surface area contributed by atoms with Crippen molar-refractivity contribution in [3.63, 3.8) is 0 Å². The van der Waals surface area contributed by atoms with Gasteiger partial charge in [0.25, 0.3) is 0 Å². The summed E-state index contributed by atoms with van der Waals surface area (Å²) < 4.78 is 5.33. The molecule has 0 fully saturated rings. The molecule has 0 bridgehead atoms. The molecule has 2 heterocycles. The molecule has 0 aliphatic heterocycles. The summed E-state index contributed by atoms with van der Waals surface area (Å²) in [6, 6.07) is 11.9. The summed E-state index contributed by atoms with van der Waals surface area (Å²) in [6.07, 6.45) is 1.70. The average molecular weight is 239 g/mol. The lowest BCUT2D eigenvalue weighted by molar-refractivity contribution is 0.535. The second-order valence-electron chi connectivity index (χ2n) is 4.17. The van der Waals surface area contributed by atoms with Crippen LogP contribution in [0.15, 0.2) is 47.1 Å². The molecule has 2 aromatic heterocycles. The maximum Gasteiger partial charge on any atom is 0.153 e. The van der Waals surface area contributed by atoms with Crippen molar-refractivity contribution in [1.29, 1.82) is 0 Å². The summed E-state index contributed by atoms with van der Waals surface area (Å²) >= 11 is 0. The lowest BCUT2D eigenvalue weighted by Gasteiger charge is -2.02. The van der Waals surface area contributed by atoms with Crippen LogP contribution in [0.1, 0.15) is 5.76 Å². The molecule has 0 atom stereocenters. The molecule has 0 unspecified atom stereocenters. The lowest BCUT2D eigenvalue weighted by atomic mass is 10.0. The molecule has 0 aliphatic rings. The first-order valence-electron chi connectivity index (χ1n) is 5.70. The Morgan fingerprint density at radius 1 is 1.17 bits per heavy atom. The number of nitrogens with one attached hydrogen (secondary N) is 1. The zero-order chi connectivity index (χ0) is 12.5. The molecule has 0 spiro atoms. The van der Waals surface area contributed by atoms with Crippen LogP contribution in [0.5, 0.6) is 0 Å².